The second-order valence-corrected chi connectivity index (χ2v) is 6.86. The summed E-state index contributed by atoms with van der Waals surface area (Å²) in [5, 5.41) is 8.86. The van der Waals surface area contributed by atoms with Gasteiger partial charge in [0.15, 0.2) is 0 Å². The molecular formula is C22H22N2O5. The number of carbonyl (C=O) groups is 4. The molecule has 0 aromatic heterocycles. The molecule has 0 atom stereocenters. The van der Waals surface area contributed by atoms with Crippen LogP contribution in [0.3, 0.4) is 0 Å². The number of nitrogens with zero attached hydrogens (tertiary/aromatic N) is 2. The summed E-state index contributed by atoms with van der Waals surface area (Å²) in [6.07, 6.45) is 0.295. The number of hydrogen-bond acceptors (Lipinski definition) is 4. The number of amides is 3. The van der Waals surface area contributed by atoms with Crippen molar-refractivity contribution < 1.29 is 24.3 Å². The van der Waals surface area contributed by atoms with E-state index in [9.17, 15) is 19.2 Å². The minimum atomic E-state index is -0.914. The maximum Gasteiger partial charge on any atom is 0.303 e. The molecule has 0 unspecified atom stereocenters. The fourth-order valence-electron chi connectivity index (χ4n) is 3.32. The molecule has 2 aromatic rings. The van der Waals surface area contributed by atoms with Crippen molar-refractivity contribution in [3.8, 4) is 0 Å². The van der Waals surface area contributed by atoms with Crippen molar-refractivity contribution >= 4 is 23.7 Å². The van der Waals surface area contributed by atoms with Gasteiger partial charge >= 0.3 is 5.97 Å². The summed E-state index contributed by atoms with van der Waals surface area (Å²) in [5.41, 5.74) is 1.64. The monoisotopic (exact) mass is 394 g/mol. The minimum absolute atomic E-state index is 0.00456. The fraction of sp³-hybridized carbons (Fsp3) is 0.273. The van der Waals surface area contributed by atoms with E-state index in [1.54, 1.807) is 29.2 Å². The van der Waals surface area contributed by atoms with Crippen LogP contribution in [0.4, 0.5) is 0 Å². The largest absolute Gasteiger partial charge is 0.481 e. The molecular weight excluding hydrogens is 372 g/mol. The number of hydrogen-bond donors (Lipinski definition) is 1. The second-order valence-electron chi connectivity index (χ2n) is 6.86. The Kier molecular flexibility index (Phi) is 6.39. The zero-order chi connectivity index (χ0) is 20.8. The molecule has 150 valence electrons. The van der Waals surface area contributed by atoms with Crippen molar-refractivity contribution in [2.45, 2.75) is 25.8 Å². The number of fused-ring (bicyclic) bond motifs is 1. The second kappa shape index (κ2) is 9.14. The maximum atomic E-state index is 12.8. The van der Waals surface area contributed by atoms with Gasteiger partial charge in [0.05, 0.1) is 11.1 Å². The fourth-order valence-corrected chi connectivity index (χ4v) is 3.32. The summed E-state index contributed by atoms with van der Waals surface area (Å²) in [4.78, 5) is 51.2. The molecule has 0 bridgehead atoms. The first-order valence-electron chi connectivity index (χ1n) is 9.46. The van der Waals surface area contributed by atoms with E-state index >= 15 is 0 Å². The highest BCUT2D eigenvalue weighted by molar-refractivity contribution is 6.21. The summed E-state index contributed by atoms with van der Waals surface area (Å²) >= 11 is 0. The number of rotatable bonds is 9. The predicted molar refractivity (Wildman–Crippen MR) is 105 cm³/mol. The van der Waals surface area contributed by atoms with E-state index in [2.05, 4.69) is 0 Å². The van der Waals surface area contributed by atoms with Crippen LogP contribution in [0, 0.1) is 0 Å². The predicted octanol–water partition coefficient (Wildman–Crippen LogP) is 2.57. The van der Waals surface area contributed by atoms with Gasteiger partial charge in [-0.1, -0.05) is 42.5 Å². The van der Waals surface area contributed by atoms with Gasteiger partial charge in [-0.25, -0.2) is 0 Å². The van der Waals surface area contributed by atoms with E-state index in [1.807, 2.05) is 30.3 Å². The molecule has 29 heavy (non-hydrogen) atoms. The molecule has 0 spiro atoms. The Morgan fingerprint density at radius 1 is 0.862 bits per heavy atom. The van der Waals surface area contributed by atoms with Gasteiger partial charge < -0.3 is 10.0 Å². The van der Waals surface area contributed by atoms with Crippen LogP contribution in [0.2, 0.25) is 0 Å². The third kappa shape index (κ3) is 4.87. The van der Waals surface area contributed by atoms with Crippen LogP contribution in [0.5, 0.6) is 0 Å². The Morgan fingerprint density at radius 3 is 2.03 bits per heavy atom. The zero-order valence-electron chi connectivity index (χ0n) is 15.9. The lowest BCUT2D eigenvalue weighted by Crippen LogP contribution is -2.37. The lowest BCUT2D eigenvalue weighted by molar-refractivity contribution is -0.138. The van der Waals surface area contributed by atoms with Crippen LogP contribution in [0.15, 0.2) is 54.6 Å². The molecule has 0 radical (unpaired) electrons. The van der Waals surface area contributed by atoms with Gasteiger partial charge in [-0.15, -0.1) is 0 Å². The highest BCUT2D eigenvalue weighted by atomic mass is 16.4. The summed E-state index contributed by atoms with van der Waals surface area (Å²) in [5.74, 6) is -1.92. The lowest BCUT2D eigenvalue weighted by Gasteiger charge is -2.24. The number of carboxylic acid groups (broad SMARTS) is 1. The highest BCUT2D eigenvalue weighted by Crippen LogP contribution is 2.22. The first-order valence-corrected chi connectivity index (χ1v) is 9.46. The summed E-state index contributed by atoms with van der Waals surface area (Å²) < 4.78 is 0. The number of aliphatic carboxylic acids is 1. The van der Waals surface area contributed by atoms with Crippen LogP contribution in [0.25, 0.3) is 0 Å². The van der Waals surface area contributed by atoms with Crippen LogP contribution in [-0.4, -0.2) is 51.7 Å². The van der Waals surface area contributed by atoms with Crippen LogP contribution in [-0.2, 0) is 16.1 Å². The molecule has 0 saturated carbocycles. The van der Waals surface area contributed by atoms with Gasteiger partial charge in [-0.3, -0.25) is 24.1 Å². The zero-order valence-corrected chi connectivity index (χ0v) is 15.9. The van der Waals surface area contributed by atoms with Crippen molar-refractivity contribution in [3.63, 3.8) is 0 Å². The Hall–Kier alpha value is -3.48. The van der Waals surface area contributed by atoms with Crippen molar-refractivity contribution in [1.82, 2.24) is 9.80 Å². The Labute approximate surface area is 168 Å². The van der Waals surface area contributed by atoms with Gasteiger partial charge in [-0.2, -0.15) is 0 Å². The van der Waals surface area contributed by atoms with Gasteiger partial charge in [0.25, 0.3) is 11.8 Å². The topological polar surface area (TPSA) is 95.0 Å². The average molecular weight is 394 g/mol. The number of carbonyl (C=O) groups excluding carboxylic acids is 3. The number of benzene rings is 2. The van der Waals surface area contributed by atoms with E-state index in [0.717, 1.165) is 10.5 Å². The number of carboxylic acids is 1. The van der Waals surface area contributed by atoms with Crippen molar-refractivity contribution in [1.29, 1.82) is 0 Å². The van der Waals surface area contributed by atoms with Crippen LogP contribution < -0.4 is 0 Å². The third-order valence-corrected chi connectivity index (χ3v) is 4.82. The quantitative estimate of drug-likeness (QED) is 0.660. The average Bonchev–Trinajstić information content (AvgIpc) is 2.96. The molecule has 1 aliphatic heterocycles. The Balaban J connectivity index is 1.64. The van der Waals surface area contributed by atoms with Crippen LogP contribution >= 0.6 is 0 Å². The van der Waals surface area contributed by atoms with Crippen molar-refractivity contribution in [2.75, 3.05) is 13.1 Å². The van der Waals surface area contributed by atoms with Crippen molar-refractivity contribution in [3.05, 3.63) is 71.3 Å². The molecule has 3 rings (SSSR count). The molecule has 7 heteroatoms. The molecule has 7 nitrogen and oxygen atoms in total. The molecule has 1 aliphatic rings. The molecule has 0 fully saturated rings. The third-order valence-electron chi connectivity index (χ3n) is 4.82. The highest BCUT2D eigenvalue weighted by Gasteiger charge is 2.35. The van der Waals surface area contributed by atoms with E-state index in [-0.39, 0.29) is 37.1 Å². The minimum Gasteiger partial charge on any atom is -0.481 e. The molecule has 1 heterocycles. The molecule has 2 aromatic carbocycles. The smallest absolute Gasteiger partial charge is 0.303 e. The summed E-state index contributed by atoms with van der Waals surface area (Å²) in [6, 6.07) is 16.0. The molecule has 0 aliphatic carbocycles. The first kappa shape index (κ1) is 20.3. The molecule has 3 amide bonds. The van der Waals surface area contributed by atoms with Gasteiger partial charge in [0.1, 0.15) is 0 Å². The lowest BCUT2D eigenvalue weighted by atomic mass is 10.1. The van der Waals surface area contributed by atoms with E-state index in [1.165, 1.54) is 0 Å². The molecule has 1 N–H and O–H groups in total. The normalized spacial score (nSPS) is 12.8. The van der Waals surface area contributed by atoms with Crippen molar-refractivity contribution in [2.24, 2.45) is 0 Å². The van der Waals surface area contributed by atoms with Crippen LogP contribution in [0.1, 0.15) is 45.5 Å². The van der Waals surface area contributed by atoms with Gasteiger partial charge in [0, 0.05) is 32.5 Å². The van der Waals surface area contributed by atoms with E-state index < -0.39 is 5.97 Å². The maximum absolute atomic E-state index is 12.8. The summed E-state index contributed by atoms with van der Waals surface area (Å²) in [6.45, 7) is 0.638. The number of imide groups is 1. The SMILES string of the molecule is O=C(O)CCCN(Cc1ccccc1)C(=O)CCN1C(=O)c2ccccc2C1=O. The summed E-state index contributed by atoms with van der Waals surface area (Å²) in [7, 11) is 0. The molecule has 0 saturated heterocycles. The van der Waals surface area contributed by atoms with Gasteiger partial charge in [0.2, 0.25) is 5.91 Å². The van der Waals surface area contributed by atoms with Gasteiger partial charge in [-0.05, 0) is 24.1 Å². The van der Waals surface area contributed by atoms with E-state index in [4.69, 9.17) is 5.11 Å². The van der Waals surface area contributed by atoms with E-state index in [0.29, 0.717) is 30.6 Å². The Morgan fingerprint density at radius 2 is 1.45 bits per heavy atom. The standard InChI is InChI=1S/C22H22N2O5/c25-19(12-14-24-21(28)17-9-4-5-10-18(17)22(24)29)23(13-6-11-20(26)27)15-16-7-2-1-3-8-16/h1-5,7-10H,6,11-15H2,(H,26,27). The first-order chi connectivity index (χ1) is 14.0. The Bertz CT molecular complexity index is 891.